The molecule has 0 saturated carbocycles. The fraction of sp³-hybridized carbons (Fsp3) is 0.939. The van der Waals surface area contributed by atoms with Crippen molar-refractivity contribution in [3.63, 3.8) is 0 Å². The molecule has 0 heterocycles. The maximum atomic E-state index is 7.20. The first-order valence-corrected chi connectivity index (χ1v) is 24.6. The van der Waals surface area contributed by atoms with E-state index in [0.717, 1.165) is 19.3 Å². The highest BCUT2D eigenvalue weighted by molar-refractivity contribution is 6.75. The first kappa shape index (κ1) is 39.1. The molecule has 39 heavy (non-hydrogen) atoms. The van der Waals surface area contributed by atoms with E-state index in [4.69, 9.17) is 19.7 Å². The summed E-state index contributed by atoms with van der Waals surface area (Å²) < 4.78 is 21.3. The average Bonchev–Trinajstić information content (AvgIpc) is 2.70. The number of unbranched alkanes of at least 4 members (excludes halogenated alkanes) is 4. The number of terminal acetylenes is 1. The molecule has 0 aromatic heterocycles. The molecule has 0 saturated heterocycles. The third-order valence-corrected chi connectivity index (χ3v) is 23.4. The summed E-state index contributed by atoms with van der Waals surface area (Å²) in [6.07, 6.45) is 16.1. The van der Waals surface area contributed by atoms with Crippen LogP contribution in [0.4, 0.5) is 0 Å². The zero-order valence-electron chi connectivity index (χ0n) is 29.4. The lowest BCUT2D eigenvalue weighted by molar-refractivity contribution is 0.0506. The van der Waals surface area contributed by atoms with Crippen molar-refractivity contribution in [2.24, 2.45) is 0 Å². The van der Waals surface area contributed by atoms with Gasteiger partial charge in [0.1, 0.15) is 0 Å². The Balaban J connectivity index is 6.20. The van der Waals surface area contributed by atoms with Gasteiger partial charge >= 0.3 is 0 Å². The van der Waals surface area contributed by atoms with Gasteiger partial charge in [0.15, 0.2) is 25.0 Å². The topological polar surface area (TPSA) is 27.7 Å². The summed E-state index contributed by atoms with van der Waals surface area (Å²) in [4.78, 5) is 0. The van der Waals surface area contributed by atoms with E-state index in [9.17, 15) is 0 Å². The molecule has 0 rings (SSSR count). The summed E-state index contributed by atoms with van der Waals surface area (Å²) in [5, 5.41) is 0.464. The van der Waals surface area contributed by atoms with E-state index in [1.807, 2.05) is 0 Å². The summed E-state index contributed by atoms with van der Waals surface area (Å²) >= 11 is 0. The molecular weight excluding hydrogens is 529 g/mol. The molecule has 232 valence electrons. The average molecular weight is 599 g/mol. The van der Waals surface area contributed by atoms with Crippen LogP contribution >= 0.6 is 0 Å². The number of hydrogen-bond donors (Lipinski definition) is 0. The van der Waals surface area contributed by atoms with Gasteiger partial charge in [-0.1, -0.05) is 101 Å². The molecular formula is C33H70O3Si3. The van der Waals surface area contributed by atoms with E-state index in [-0.39, 0.29) is 33.4 Å². The predicted molar refractivity (Wildman–Crippen MR) is 182 cm³/mol. The summed E-state index contributed by atoms with van der Waals surface area (Å²) in [6, 6.07) is 0. The maximum Gasteiger partial charge on any atom is 0.192 e. The standard InChI is InChI=1S/C33H70O3Si3/c1-18-20-21-22-23-25-29(35-38(14,15)32(6,7)8)27-30(36-39(16,17)33(9,10)11)26-28(24-19-2)34-37(12,13)31(3,4)5/h2,28-30H,18,20-27H2,1,3-17H3/t28-,29+,30+/m0/s1. The van der Waals surface area contributed by atoms with Gasteiger partial charge in [0.05, 0.1) is 6.10 Å². The van der Waals surface area contributed by atoms with E-state index in [1.54, 1.807) is 0 Å². The van der Waals surface area contributed by atoms with Crippen LogP contribution in [0.15, 0.2) is 0 Å². The van der Waals surface area contributed by atoms with E-state index in [1.165, 1.54) is 32.1 Å². The van der Waals surface area contributed by atoms with Crippen LogP contribution in [0.3, 0.4) is 0 Å². The minimum atomic E-state index is -2.00. The van der Waals surface area contributed by atoms with Crippen LogP contribution in [-0.2, 0) is 13.3 Å². The van der Waals surface area contributed by atoms with Gasteiger partial charge in [-0.15, -0.1) is 12.3 Å². The van der Waals surface area contributed by atoms with Gasteiger partial charge in [0.2, 0.25) is 0 Å². The lowest BCUT2D eigenvalue weighted by atomic mass is 10.00. The highest BCUT2D eigenvalue weighted by Crippen LogP contribution is 2.42. The number of hydrogen-bond acceptors (Lipinski definition) is 3. The molecule has 0 N–H and O–H groups in total. The molecule has 0 aliphatic carbocycles. The monoisotopic (exact) mass is 598 g/mol. The highest BCUT2D eigenvalue weighted by atomic mass is 28.4. The van der Waals surface area contributed by atoms with E-state index in [0.29, 0.717) is 6.42 Å². The fourth-order valence-corrected chi connectivity index (χ4v) is 8.21. The minimum Gasteiger partial charge on any atom is -0.414 e. The molecule has 0 radical (unpaired) electrons. The molecule has 0 aromatic rings. The highest BCUT2D eigenvalue weighted by Gasteiger charge is 2.44. The van der Waals surface area contributed by atoms with Crippen molar-refractivity contribution in [3.05, 3.63) is 0 Å². The molecule has 0 aliphatic rings. The summed E-state index contributed by atoms with van der Waals surface area (Å²) in [5.74, 6) is 2.93. The lowest BCUT2D eigenvalue weighted by Gasteiger charge is -2.44. The molecule has 0 aromatic carbocycles. The van der Waals surface area contributed by atoms with Gasteiger partial charge in [-0.05, 0) is 73.7 Å². The van der Waals surface area contributed by atoms with E-state index < -0.39 is 25.0 Å². The minimum absolute atomic E-state index is 0.0173. The molecule has 6 heteroatoms. The second-order valence-electron chi connectivity index (χ2n) is 16.6. The maximum absolute atomic E-state index is 7.20. The molecule has 0 unspecified atom stereocenters. The van der Waals surface area contributed by atoms with Crippen LogP contribution in [-0.4, -0.2) is 43.3 Å². The van der Waals surface area contributed by atoms with Crippen LogP contribution in [0.25, 0.3) is 0 Å². The van der Waals surface area contributed by atoms with Gasteiger partial charge < -0.3 is 13.3 Å². The molecule has 0 spiro atoms. The van der Waals surface area contributed by atoms with Gasteiger partial charge in [-0.25, -0.2) is 0 Å². The number of rotatable bonds is 17. The smallest absolute Gasteiger partial charge is 0.192 e. The molecule has 0 amide bonds. The Bertz CT molecular complexity index is 733. The first-order chi connectivity index (χ1) is 17.4. The Morgan fingerprint density at radius 3 is 1.31 bits per heavy atom. The van der Waals surface area contributed by atoms with Crippen molar-refractivity contribution in [2.45, 2.75) is 200 Å². The molecule has 0 fully saturated rings. The van der Waals surface area contributed by atoms with Crippen LogP contribution in [0.2, 0.25) is 54.4 Å². The van der Waals surface area contributed by atoms with E-state index in [2.05, 4.69) is 114 Å². The zero-order valence-corrected chi connectivity index (χ0v) is 32.4. The quantitative estimate of drug-likeness (QED) is 0.0946. The SMILES string of the molecule is C#CC[C@@H](C[C@H](C[C@@H](CCCCCCC)O[Si](C)(C)C(C)(C)C)O[Si](C)(C)C(C)(C)C)O[Si](C)(C)C(C)(C)C. The van der Waals surface area contributed by atoms with Gasteiger partial charge in [0.25, 0.3) is 0 Å². The molecule has 0 aliphatic heterocycles. The third kappa shape index (κ3) is 13.7. The van der Waals surface area contributed by atoms with Gasteiger partial charge in [-0.3, -0.25) is 0 Å². The Morgan fingerprint density at radius 1 is 0.564 bits per heavy atom. The lowest BCUT2D eigenvalue weighted by Crippen LogP contribution is -2.49. The van der Waals surface area contributed by atoms with Crippen molar-refractivity contribution < 1.29 is 13.3 Å². The molecule has 0 bridgehead atoms. The summed E-state index contributed by atoms with van der Waals surface area (Å²) in [6.45, 7) is 37.4. The zero-order chi connectivity index (χ0) is 30.9. The van der Waals surface area contributed by atoms with Gasteiger partial charge in [-0.2, -0.15) is 0 Å². The van der Waals surface area contributed by atoms with Crippen LogP contribution in [0, 0.1) is 12.3 Å². The van der Waals surface area contributed by atoms with E-state index >= 15 is 0 Å². The third-order valence-electron chi connectivity index (χ3n) is 9.83. The van der Waals surface area contributed by atoms with Crippen molar-refractivity contribution >= 4 is 25.0 Å². The normalized spacial score (nSPS) is 16.6. The largest absolute Gasteiger partial charge is 0.414 e. The molecule has 3 atom stereocenters. The van der Waals surface area contributed by atoms with Crippen LogP contribution in [0.1, 0.15) is 127 Å². The summed E-state index contributed by atoms with van der Waals surface area (Å²) in [7, 11) is -5.90. The fourth-order valence-electron chi connectivity index (χ4n) is 4.06. The van der Waals surface area contributed by atoms with Crippen molar-refractivity contribution in [3.8, 4) is 12.3 Å². The second-order valence-corrected chi connectivity index (χ2v) is 30.9. The Morgan fingerprint density at radius 2 is 0.923 bits per heavy atom. The first-order valence-electron chi connectivity index (χ1n) is 15.9. The Kier molecular flexibility index (Phi) is 15.6. The Labute approximate surface area is 249 Å². The summed E-state index contributed by atoms with van der Waals surface area (Å²) in [5.41, 5.74) is 0. The van der Waals surface area contributed by atoms with Crippen molar-refractivity contribution in [2.75, 3.05) is 0 Å². The van der Waals surface area contributed by atoms with Crippen LogP contribution in [0.5, 0.6) is 0 Å². The molecule has 3 nitrogen and oxygen atoms in total. The van der Waals surface area contributed by atoms with Crippen LogP contribution < -0.4 is 0 Å². The van der Waals surface area contributed by atoms with Crippen molar-refractivity contribution in [1.82, 2.24) is 0 Å². The predicted octanol–water partition coefficient (Wildman–Crippen LogP) is 11.3. The second kappa shape index (κ2) is 15.5. The van der Waals surface area contributed by atoms with Gasteiger partial charge in [0, 0.05) is 18.6 Å². The Hall–Kier alpha value is 0.0906. The van der Waals surface area contributed by atoms with Crippen molar-refractivity contribution in [1.29, 1.82) is 0 Å².